The van der Waals surface area contributed by atoms with Crippen LogP contribution in [0.3, 0.4) is 0 Å². The number of amides is 1. The van der Waals surface area contributed by atoms with Gasteiger partial charge in [-0.1, -0.05) is 6.07 Å². The highest BCUT2D eigenvalue weighted by molar-refractivity contribution is 7.92. The number of carbonyl (C=O) groups is 1. The van der Waals surface area contributed by atoms with Gasteiger partial charge >= 0.3 is 0 Å². The van der Waals surface area contributed by atoms with Gasteiger partial charge in [-0.15, -0.1) is 0 Å². The summed E-state index contributed by atoms with van der Waals surface area (Å²) in [4.78, 5) is 13.0. The Morgan fingerprint density at radius 1 is 0.972 bits per heavy atom. The molecule has 0 aliphatic carbocycles. The molecule has 0 radical (unpaired) electrons. The third kappa shape index (κ3) is 5.49. The van der Waals surface area contributed by atoms with Crippen molar-refractivity contribution in [2.75, 3.05) is 38.2 Å². The lowest BCUT2D eigenvalue weighted by Gasteiger charge is -2.35. The van der Waals surface area contributed by atoms with Gasteiger partial charge in [-0.3, -0.25) is 9.10 Å². The predicted molar refractivity (Wildman–Crippen MR) is 135 cm³/mol. The zero-order chi connectivity index (χ0) is 25.7. The number of aryl methyl sites for hydroxylation is 1. The van der Waals surface area contributed by atoms with Crippen LogP contribution in [-0.2, 0) is 14.8 Å². The molecular weight excluding hydrogens is 484 g/mol. The van der Waals surface area contributed by atoms with Crippen molar-refractivity contribution in [3.63, 3.8) is 0 Å². The van der Waals surface area contributed by atoms with Crippen molar-refractivity contribution in [2.24, 2.45) is 0 Å². The Labute approximate surface area is 210 Å². The maximum absolute atomic E-state index is 13.5. The first kappa shape index (κ1) is 25.2. The second-order valence-electron chi connectivity index (χ2n) is 8.10. The van der Waals surface area contributed by atoms with Crippen LogP contribution in [0, 0.1) is 6.92 Å². The van der Waals surface area contributed by atoms with Crippen molar-refractivity contribution in [1.82, 2.24) is 5.32 Å². The summed E-state index contributed by atoms with van der Waals surface area (Å²) in [6, 6.07) is 18.4. The first-order valence-corrected chi connectivity index (χ1v) is 12.7. The summed E-state index contributed by atoms with van der Waals surface area (Å²) in [5.74, 6) is 1.79. The molecule has 1 amide bonds. The summed E-state index contributed by atoms with van der Waals surface area (Å²) in [5.41, 5.74) is 1.26. The molecule has 1 N–H and O–H groups in total. The van der Waals surface area contributed by atoms with Crippen LogP contribution >= 0.6 is 0 Å². The quantitative estimate of drug-likeness (QED) is 0.439. The smallest absolute Gasteiger partial charge is 0.264 e. The van der Waals surface area contributed by atoms with Crippen LogP contribution in [0.15, 0.2) is 71.6 Å². The molecule has 36 heavy (non-hydrogen) atoms. The monoisotopic (exact) mass is 512 g/mol. The number of rotatable bonds is 9. The van der Waals surface area contributed by atoms with E-state index in [4.69, 9.17) is 18.9 Å². The molecule has 3 aromatic carbocycles. The number of nitrogens with one attached hydrogen (secondary N) is 1. The van der Waals surface area contributed by atoms with E-state index in [9.17, 15) is 13.2 Å². The Bertz CT molecular complexity index is 1310. The topological polar surface area (TPSA) is 103 Å². The molecule has 0 spiro atoms. The molecule has 4 rings (SSSR count). The number of methoxy groups -OCH3 is 2. The maximum Gasteiger partial charge on any atom is 0.264 e. The summed E-state index contributed by atoms with van der Waals surface area (Å²) in [6.07, 6.45) is -1.03. The Hall–Kier alpha value is -3.92. The van der Waals surface area contributed by atoms with Crippen LogP contribution in [0.5, 0.6) is 23.0 Å². The second kappa shape index (κ2) is 10.8. The minimum Gasteiger partial charge on any atom is -0.497 e. The zero-order valence-corrected chi connectivity index (χ0v) is 21.1. The van der Waals surface area contributed by atoms with E-state index in [1.54, 1.807) is 61.7 Å². The first-order valence-electron chi connectivity index (χ1n) is 11.3. The number of hydrogen-bond acceptors (Lipinski definition) is 7. The van der Waals surface area contributed by atoms with Gasteiger partial charge in [-0.05, 0) is 73.2 Å². The standard InChI is InChI=1S/C26H28N2O7S/c1-18-4-13-23-24(16-18)35-25(17-28(23)36(30,31)22-11-9-20(33-3)10-12-22)26(29)27-14-15-34-21-7-5-19(32-2)6-8-21/h4-13,16,25H,14-15,17H2,1-3H3,(H,27,29)/t25-/m0/s1. The number of sulfonamides is 1. The van der Waals surface area contributed by atoms with Gasteiger partial charge in [-0.2, -0.15) is 0 Å². The van der Waals surface area contributed by atoms with E-state index in [0.29, 0.717) is 22.9 Å². The van der Waals surface area contributed by atoms with Gasteiger partial charge < -0.3 is 24.3 Å². The molecule has 190 valence electrons. The Balaban J connectivity index is 1.47. The molecule has 1 aliphatic rings. The Morgan fingerprint density at radius 3 is 2.22 bits per heavy atom. The highest BCUT2D eigenvalue weighted by Gasteiger charge is 2.37. The first-order chi connectivity index (χ1) is 17.3. The van der Waals surface area contributed by atoms with Crippen molar-refractivity contribution in [1.29, 1.82) is 0 Å². The van der Waals surface area contributed by atoms with E-state index in [1.165, 1.54) is 23.5 Å². The average molecular weight is 513 g/mol. The van der Waals surface area contributed by atoms with Crippen LogP contribution in [0.1, 0.15) is 5.56 Å². The molecule has 0 saturated carbocycles. The largest absolute Gasteiger partial charge is 0.497 e. The Morgan fingerprint density at radius 2 is 1.58 bits per heavy atom. The molecular formula is C26H28N2O7S. The van der Waals surface area contributed by atoms with Crippen LogP contribution in [0.2, 0.25) is 0 Å². The summed E-state index contributed by atoms with van der Waals surface area (Å²) in [6.45, 7) is 2.15. The van der Waals surface area contributed by atoms with Crippen molar-refractivity contribution in [3.8, 4) is 23.0 Å². The van der Waals surface area contributed by atoms with Crippen LogP contribution < -0.4 is 28.6 Å². The van der Waals surface area contributed by atoms with E-state index >= 15 is 0 Å². The predicted octanol–water partition coefficient (Wildman–Crippen LogP) is 3.16. The lowest BCUT2D eigenvalue weighted by molar-refractivity contribution is -0.127. The third-order valence-corrected chi connectivity index (χ3v) is 7.45. The number of fused-ring (bicyclic) bond motifs is 1. The highest BCUT2D eigenvalue weighted by Crippen LogP contribution is 2.38. The average Bonchev–Trinajstić information content (AvgIpc) is 2.90. The van der Waals surface area contributed by atoms with Gasteiger partial charge in [0.15, 0.2) is 6.10 Å². The van der Waals surface area contributed by atoms with Crippen LogP contribution in [0.25, 0.3) is 0 Å². The molecule has 9 nitrogen and oxygen atoms in total. The van der Waals surface area contributed by atoms with Gasteiger partial charge in [0.1, 0.15) is 29.6 Å². The molecule has 1 aliphatic heterocycles. The van der Waals surface area contributed by atoms with Crippen molar-refractivity contribution in [2.45, 2.75) is 17.9 Å². The van der Waals surface area contributed by atoms with Gasteiger partial charge in [-0.25, -0.2) is 8.42 Å². The molecule has 0 bridgehead atoms. The van der Waals surface area contributed by atoms with E-state index in [-0.39, 0.29) is 24.6 Å². The number of carbonyl (C=O) groups excluding carboxylic acids is 1. The summed E-state index contributed by atoms with van der Waals surface area (Å²) >= 11 is 0. The van der Waals surface area contributed by atoms with E-state index in [0.717, 1.165) is 11.3 Å². The lowest BCUT2D eigenvalue weighted by Crippen LogP contribution is -2.51. The van der Waals surface area contributed by atoms with Crippen molar-refractivity contribution < 1.29 is 32.2 Å². The summed E-state index contributed by atoms with van der Waals surface area (Å²) in [5, 5.41) is 2.77. The molecule has 0 unspecified atom stereocenters. The van der Waals surface area contributed by atoms with E-state index in [2.05, 4.69) is 5.32 Å². The third-order valence-electron chi connectivity index (χ3n) is 5.65. The zero-order valence-electron chi connectivity index (χ0n) is 20.3. The molecule has 0 saturated heterocycles. The minimum absolute atomic E-state index is 0.0868. The number of anilines is 1. The van der Waals surface area contributed by atoms with Crippen molar-refractivity contribution >= 4 is 21.6 Å². The molecule has 3 aromatic rings. The van der Waals surface area contributed by atoms with Crippen LogP contribution in [-0.4, -0.2) is 54.3 Å². The number of hydrogen-bond donors (Lipinski definition) is 1. The van der Waals surface area contributed by atoms with Crippen molar-refractivity contribution in [3.05, 3.63) is 72.3 Å². The van der Waals surface area contributed by atoms with Gasteiger partial charge in [0, 0.05) is 0 Å². The lowest BCUT2D eigenvalue weighted by atomic mass is 10.1. The highest BCUT2D eigenvalue weighted by atomic mass is 32.2. The summed E-state index contributed by atoms with van der Waals surface area (Å²) in [7, 11) is -0.869. The van der Waals surface area contributed by atoms with Gasteiger partial charge in [0.25, 0.3) is 15.9 Å². The normalized spacial score (nSPS) is 14.9. The number of benzene rings is 3. The molecule has 1 heterocycles. The number of nitrogens with zero attached hydrogens (tertiary/aromatic N) is 1. The summed E-state index contributed by atoms with van der Waals surface area (Å²) < 4.78 is 50.1. The maximum atomic E-state index is 13.5. The van der Waals surface area contributed by atoms with Gasteiger partial charge in [0.05, 0.1) is 37.9 Å². The minimum atomic E-state index is -3.96. The molecule has 0 aromatic heterocycles. The SMILES string of the molecule is COc1ccc(OCCNC(=O)[C@@H]2CN(S(=O)(=O)c3ccc(OC)cc3)c3ccc(C)cc3O2)cc1. The fraction of sp³-hybridized carbons (Fsp3) is 0.269. The molecule has 1 atom stereocenters. The second-order valence-corrected chi connectivity index (χ2v) is 9.97. The molecule has 0 fully saturated rings. The fourth-order valence-corrected chi connectivity index (χ4v) is 5.21. The van der Waals surface area contributed by atoms with E-state index < -0.39 is 22.0 Å². The fourth-order valence-electron chi connectivity index (χ4n) is 3.73. The van der Waals surface area contributed by atoms with E-state index in [1.807, 2.05) is 6.92 Å². The Kier molecular flexibility index (Phi) is 7.54. The molecule has 10 heteroatoms. The number of ether oxygens (including phenoxy) is 4. The van der Waals surface area contributed by atoms with Crippen LogP contribution in [0.4, 0.5) is 5.69 Å². The van der Waals surface area contributed by atoms with Gasteiger partial charge in [0.2, 0.25) is 0 Å².